The standard InChI is InChI=1S/C16H22ClN3O3/c1-11-14(19-10-18-11)9-20(4-5-21)8-12-6-13(17)16(23-3)15(7-12)22-2/h6-7,10,21H,4-5,8-9H2,1-3H3,(H,18,19). The summed E-state index contributed by atoms with van der Waals surface area (Å²) >= 11 is 6.25. The van der Waals surface area contributed by atoms with Crippen LogP contribution in [0.25, 0.3) is 0 Å². The zero-order valence-electron chi connectivity index (χ0n) is 13.6. The molecule has 1 aromatic heterocycles. The van der Waals surface area contributed by atoms with Crippen LogP contribution in [-0.2, 0) is 13.1 Å². The topological polar surface area (TPSA) is 70.6 Å². The van der Waals surface area contributed by atoms with Crippen LogP contribution in [0.5, 0.6) is 11.5 Å². The van der Waals surface area contributed by atoms with E-state index in [0.29, 0.717) is 36.2 Å². The molecule has 0 unspecified atom stereocenters. The summed E-state index contributed by atoms with van der Waals surface area (Å²) in [5.41, 5.74) is 2.97. The molecule has 0 saturated heterocycles. The molecule has 0 aliphatic rings. The van der Waals surface area contributed by atoms with Crippen molar-refractivity contribution < 1.29 is 14.6 Å². The van der Waals surface area contributed by atoms with Crippen molar-refractivity contribution >= 4 is 11.6 Å². The maximum Gasteiger partial charge on any atom is 0.179 e. The molecular weight excluding hydrogens is 318 g/mol. The number of ether oxygens (including phenoxy) is 2. The predicted molar refractivity (Wildman–Crippen MR) is 89.1 cm³/mol. The molecule has 0 fully saturated rings. The van der Waals surface area contributed by atoms with E-state index in [1.54, 1.807) is 20.5 Å². The minimum Gasteiger partial charge on any atom is -0.493 e. The molecule has 0 aliphatic carbocycles. The lowest BCUT2D eigenvalue weighted by Gasteiger charge is -2.21. The molecule has 0 atom stereocenters. The molecule has 1 heterocycles. The van der Waals surface area contributed by atoms with Gasteiger partial charge in [-0.2, -0.15) is 0 Å². The number of nitrogens with zero attached hydrogens (tertiary/aromatic N) is 2. The number of benzene rings is 1. The van der Waals surface area contributed by atoms with E-state index in [1.165, 1.54) is 0 Å². The molecule has 0 amide bonds. The fourth-order valence-electron chi connectivity index (χ4n) is 2.43. The molecule has 126 valence electrons. The van der Waals surface area contributed by atoms with Gasteiger partial charge in [-0.3, -0.25) is 4.90 Å². The molecule has 0 spiro atoms. The van der Waals surface area contributed by atoms with E-state index in [2.05, 4.69) is 14.9 Å². The van der Waals surface area contributed by atoms with Crippen LogP contribution in [-0.4, -0.2) is 47.3 Å². The van der Waals surface area contributed by atoms with E-state index in [9.17, 15) is 5.11 Å². The number of methoxy groups -OCH3 is 2. The van der Waals surface area contributed by atoms with E-state index in [1.807, 2.05) is 19.1 Å². The zero-order valence-corrected chi connectivity index (χ0v) is 14.4. The van der Waals surface area contributed by atoms with E-state index >= 15 is 0 Å². The number of rotatable bonds is 8. The van der Waals surface area contributed by atoms with Gasteiger partial charge in [-0.1, -0.05) is 11.6 Å². The molecule has 2 rings (SSSR count). The second kappa shape index (κ2) is 8.19. The number of aryl methyl sites for hydroxylation is 1. The summed E-state index contributed by atoms with van der Waals surface area (Å²) < 4.78 is 10.6. The van der Waals surface area contributed by atoms with Crippen molar-refractivity contribution in [1.82, 2.24) is 14.9 Å². The lowest BCUT2D eigenvalue weighted by molar-refractivity contribution is 0.182. The lowest BCUT2D eigenvalue weighted by atomic mass is 10.1. The van der Waals surface area contributed by atoms with Crippen LogP contribution in [0.1, 0.15) is 17.0 Å². The summed E-state index contributed by atoms with van der Waals surface area (Å²) in [5.74, 6) is 1.12. The van der Waals surface area contributed by atoms with E-state index in [4.69, 9.17) is 21.1 Å². The Balaban J connectivity index is 2.19. The minimum absolute atomic E-state index is 0.0739. The van der Waals surface area contributed by atoms with Crippen LogP contribution in [0.4, 0.5) is 0 Å². The number of nitrogens with one attached hydrogen (secondary N) is 1. The third-order valence-electron chi connectivity index (χ3n) is 3.62. The van der Waals surface area contributed by atoms with Crippen molar-refractivity contribution in [2.24, 2.45) is 0 Å². The van der Waals surface area contributed by atoms with Crippen molar-refractivity contribution in [3.63, 3.8) is 0 Å². The maximum absolute atomic E-state index is 9.31. The highest BCUT2D eigenvalue weighted by Gasteiger charge is 2.14. The summed E-state index contributed by atoms with van der Waals surface area (Å²) in [6, 6.07) is 3.75. The Morgan fingerprint density at radius 3 is 2.61 bits per heavy atom. The summed E-state index contributed by atoms with van der Waals surface area (Å²) in [5, 5.41) is 9.81. The van der Waals surface area contributed by atoms with Gasteiger partial charge in [0.25, 0.3) is 0 Å². The molecule has 0 aliphatic heterocycles. The number of hydrogen-bond acceptors (Lipinski definition) is 5. The van der Waals surface area contributed by atoms with Crippen LogP contribution in [0.15, 0.2) is 18.5 Å². The molecular formula is C16H22ClN3O3. The van der Waals surface area contributed by atoms with Crippen molar-refractivity contribution in [2.45, 2.75) is 20.0 Å². The van der Waals surface area contributed by atoms with Crippen LogP contribution < -0.4 is 9.47 Å². The molecule has 6 nitrogen and oxygen atoms in total. The van der Waals surface area contributed by atoms with Crippen LogP contribution >= 0.6 is 11.6 Å². The van der Waals surface area contributed by atoms with Gasteiger partial charge in [0.2, 0.25) is 0 Å². The first kappa shape index (κ1) is 17.6. The Morgan fingerprint density at radius 1 is 1.26 bits per heavy atom. The van der Waals surface area contributed by atoms with Gasteiger partial charge >= 0.3 is 0 Å². The van der Waals surface area contributed by atoms with Crippen LogP contribution in [0.3, 0.4) is 0 Å². The fourth-order valence-corrected chi connectivity index (χ4v) is 2.75. The van der Waals surface area contributed by atoms with Gasteiger partial charge in [0, 0.05) is 25.3 Å². The van der Waals surface area contributed by atoms with Crippen molar-refractivity contribution in [1.29, 1.82) is 0 Å². The fraction of sp³-hybridized carbons (Fsp3) is 0.438. The highest BCUT2D eigenvalue weighted by atomic mass is 35.5. The van der Waals surface area contributed by atoms with E-state index in [-0.39, 0.29) is 6.61 Å². The highest BCUT2D eigenvalue weighted by Crippen LogP contribution is 2.36. The van der Waals surface area contributed by atoms with E-state index in [0.717, 1.165) is 17.0 Å². The maximum atomic E-state index is 9.31. The Hall–Kier alpha value is -1.76. The van der Waals surface area contributed by atoms with Gasteiger partial charge in [-0.15, -0.1) is 0 Å². The predicted octanol–water partition coefficient (Wildman–Crippen LogP) is 2.38. The third kappa shape index (κ3) is 4.37. The molecule has 23 heavy (non-hydrogen) atoms. The largest absolute Gasteiger partial charge is 0.493 e. The molecule has 2 N–H and O–H groups in total. The number of aromatic nitrogens is 2. The number of imidazole rings is 1. The number of aliphatic hydroxyl groups is 1. The Bertz CT molecular complexity index is 645. The first-order chi connectivity index (χ1) is 11.1. The lowest BCUT2D eigenvalue weighted by Crippen LogP contribution is -2.26. The SMILES string of the molecule is COc1cc(CN(CCO)Cc2nc[nH]c2C)cc(Cl)c1OC. The zero-order chi connectivity index (χ0) is 16.8. The number of aliphatic hydroxyl groups excluding tert-OH is 1. The van der Waals surface area contributed by atoms with Crippen LogP contribution in [0.2, 0.25) is 5.02 Å². The van der Waals surface area contributed by atoms with Gasteiger partial charge in [0.15, 0.2) is 11.5 Å². The molecule has 7 heteroatoms. The third-order valence-corrected chi connectivity index (χ3v) is 3.90. The number of H-pyrrole nitrogens is 1. The Morgan fingerprint density at radius 2 is 2.04 bits per heavy atom. The smallest absolute Gasteiger partial charge is 0.179 e. The summed E-state index contributed by atoms with van der Waals surface area (Å²) in [7, 11) is 3.14. The number of hydrogen-bond donors (Lipinski definition) is 2. The molecule has 0 radical (unpaired) electrons. The van der Waals surface area contributed by atoms with Crippen molar-refractivity contribution in [3.05, 3.63) is 40.4 Å². The normalized spacial score (nSPS) is 11.0. The summed E-state index contributed by atoms with van der Waals surface area (Å²) in [6.07, 6.45) is 1.68. The number of halogens is 1. The van der Waals surface area contributed by atoms with Gasteiger partial charge in [0.1, 0.15) is 0 Å². The second-order valence-corrected chi connectivity index (χ2v) is 5.63. The first-order valence-corrected chi connectivity index (χ1v) is 7.69. The first-order valence-electron chi connectivity index (χ1n) is 7.31. The Kier molecular flexibility index (Phi) is 6.27. The van der Waals surface area contributed by atoms with Crippen molar-refractivity contribution in [2.75, 3.05) is 27.4 Å². The average molecular weight is 340 g/mol. The minimum atomic E-state index is 0.0739. The molecule has 0 saturated carbocycles. The van der Waals surface area contributed by atoms with Gasteiger partial charge in [-0.25, -0.2) is 4.98 Å². The van der Waals surface area contributed by atoms with Gasteiger partial charge < -0.3 is 19.6 Å². The van der Waals surface area contributed by atoms with Gasteiger partial charge in [-0.05, 0) is 24.6 Å². The molecule has 0 bridgehead atoms. The second-order valence-electron chi connectivity index (χ2n) is 5.22. The quantitative estimate of drug-likeness (QED) is 0.772. The monoisotopic (exact) mass is 339 g/mol. The Labute approximate surface area is 141 Å². The van der Waals surface area contributed by atoms with Crippen molar-refractivity contribution in [3.8, 4) is 11.5 Å². The van der Waals surface area contributed by atoms with Gasteiger partial charge in [0.05, 0.1) is 37.9 Å². The number of aromatic amines is 1. The van der Waals surface area contributed by atoms with Crippen LogP contribution in [0, 0.1) is 6.92 Å². The van der Waals surface area contributed by atoms with E-state index < -0.39 is 0 Å². The average Bonchev–Trinajstić information content (AvgIpc) is 2.92. The molecule has 1 aromatic carbocycles. The molecule has 2 aromatic rings. The highest BCUT2D eigenvalue weighted by molar-refractivity contribution is 6.32. The summed E-state index contributed by atoms with van der Waals surface area (Å²) in [6.45, 7) is 3.85. The summed E-state index contributed by atoms with van der Waals surface area (Å²) in [4.78, 5) is 9.47.